The zero-order chi connectivity index (χ0) is 10.1. The maximum Gasteiger partial charge on any atom is 0.192 e. The molecule has 0 radical (unpaired) electrons. The molecule has 0 bridgehead atoms. The molecule has 1 aromatic heterocycles. The lowest BCUT2D eigenvalue weighted by atomic mass is 9.90. The Balaban J connectivity index is 2.81. The Labute approximate surface area is 77.2 Å². The number of aromatic nitrogens is 2. The molecule has 0 saturated heterocycles. The highest BCUT2D eigenvalue weighted by Gasteiger charge is 2.28. The van der Waals surface area contributed by atoms with Crippen LogP contribution < -0.4 is 0 Å². The predicted molar refractivity (Wildman–Crippen MR) is 47.9 cm³/mol. The molecule has 0 amide bonds. The van der Waals surface area contributed by atoms with E-state index in [4.69, 9.17) is 0 Å². The third kappa shape index (κ3) is 2.15. The van der Waals surface area contributed by atoms with Crippen molar-refractivity contribution in [2.45, 2.75) is 27.0 Å². The van der Waals surface area contributed by atoms with E-state index in [1.165, 1.54) is 17.1 Å². The van der Waals surface area contributed by atoms with Crippen LogP contribution in [0.1, 0.15) is 27.0 Å². The summed E-state index contributed by atoms with van der Waals surface area (Å²) in [5, 5.41) is 9.59. The molecule has 1 N–H and O–H groups in total. The Morgan fingerprint density at radius 3 is 2.54 bits per heavy atom. The van der Waals surface area contributed by atoms with Gasteiger partial charge in [-0.25, -0.2) is 4.98 Å². The fraction of sp³-hybridized carbons (Fsp3) is 0.556. The molecule has 1 unspecified atom stereocenters. The second kappa shape index (κ2) is 3.30. The summed E-state index contributed by atoms with van der Waals surface area (Å²) in [7, 11) is 0. The number of Topliss-reactive ketones (excluding diaryl/α,β-unsaturated/α-hetero) is 1. The van der Waals surface area contributed by atoms with E-state index in [1.807, 2.05) is 0 Å². The first-order chi connectivity index (χ1) is 5.93. The normalized spacial score (nSPS) is 14.2. The van der Waals surface area contributed by atoms with Gasteiger partial charge in [0.25, 0.3) is 0 Å². The summed E-state index contributed by atoms with van der Waals surface area (Å²) in [5.41, 5.74) is -0.538. The van der Waals surface area contributed by atoms with Crippen LogP contribution in [0.5, 0.6) is 0 Å². The fourth-order valence-electron chi connectivity index (χ4n) is 0.937. The molecule has 0 aromatic carbocycles. The molecule has 0 aliphatic heterocycles. The quantitative estimate of drug-likeness (QED) is 0.742. The van der Waals surface area contributed by atoms with Gasteiger partial charge in [0.05, 0.1) is 6.33 Å². The second-order valence-electron chi connectivity index (χ2n) is 4.00. The maximum absolute atomic E-state index is 11.6. The zero-order valence-electron chi connectivity index (χ0n) is 8.06. The molecular formula is C9H14N2O2. The Kier molecular flexibility index (Phi) is 2.52. The third-order valence-electron chi connectivity index (χ3n) is 1.78. The summed E-state index contributed by atoms with van der Waals surface area (Å²) < 4.78 is 1.38. The standard InChI is InChI=1S/C9H14N2O2/c1-9(2,3)7(12)8(13)11-5-4-10-6-11/h4-6,8,13H,1-3H3. The first-order valence-electron chi connectivity index (χ1n) is 4.13. The van der Waals surface area contributed by atoms with Crippen molar-refractivity contribution in [2.24, 2.45) is 5.41 Å². The van der Waals surface area contributed by atoms with Crippen molar-refractivity contribution in [2.75, 3.05) is 0 Å². The summed E-state index contributed by atoms with van der Waals surface area (Å²) in [6, 6.07) is 0. The molecule has 1 rings (SSSR count). The SMILES string of the molecule is CC(C)(C)C(=O)C(O)n1ccnc1. The van der Waals surface area contributed by atoms with Crippen molar-refractivity contribution >= 4 is 5.78 Å². The molecule has 1 atom stereocenters. The Morgan fingerprint density at radius 1 is 1.54 bits per heavy atom. The summed E-state index contributed by atoms with van der Waals surface area (Å²) in [6.45, 7) is 5.32. The number of imidazole rings is 1. The van der Waals surface area contributed by atoms with Crippen molar-refractivity contribution in [1.82, 2.24) is 9.55 Å². The lowest BCUT2D eigenvalue weighted by molar-refractivity contribution is -0.139. The molecule has 1 aromatic rings. The van der Waals surface area contributed by atoms with Gasteiger partial charge in [-0.3, -0.25) is 4.79 Å². The number of rotatable bonds is 2. The van der Waals surface area contributed by atoms with Crippen molar-refractivity contribution in [1.29, 1.82) is 0 Å². The van der Waals surface area contributed by atoms with E-state index in [9.17, 15) is 9.90 Å². The summed E-state index contributed by atoms with van der Waals surface area (Å²) in [4.78, 5) is 15.3. The highest BCUT2D eigenvalue weighted by molar-refractivity contribution is 5.86. The van der Waals surface area contributed by atoms with Crippen LogP contribution in [0.25, 0.3) is 0 Å². The van der Waals surface area contributed by atoms with Gasteiger partial charge in [-0.15, -0.1) is 0 Å². The number of aliphatic hydroxyl groups is 1. The second-order valence-corrected chi connectivity index (χ2v) is 4.00. The number of ketones is 1. The van der Waals surface area contributed by atoms with Crippen LogP contribution in [0.4, 0.5) is 0 Å². The van der Waals surface area contributed by atoms with Gasteiger partial charge in [0.15, 0.2) is 12.0 Å². The van der Waals surface area contributed by atoms with Gasteiger partial charge in [-0.2, -0.15) is 0 Å². The van der Waals surface area contributed by atoms with E-state index in [2.05, 4.69) is 4.98 Å². The minimum atomic E-state index is -1.12. The maximum atomic E-state index is 11.6. The Bertz CT molecular complexity index is 285. The average Bonchev–Trinajstić information content (AvgIpc) is 2.51. The van der Waals surface area contributed by atoms with E-state index < -0.39 is 11.6 Å². The lowest BCUT2D eigenvalue weighted by Gasteiger charge is -2.21. The van der Waals surface area contributed by atoms with E-state index >= 15 is 0 Å². The molecule has 4 nitrogen and oxygen atoms in total. The number of carbonyl (C=O) groups excluding carboxylic acids is 1. The molecule has 13 heavy (non-hydrogen) atoms. The van der Waals surface area contributed by atoms with E-state index in [0.29, 0.717) is 0 Å². The van der Waals surface area contributed by atoms with E-state index in [1.54, 1.807) is 27.0 Å². The van der Waals surface area contributed by atoms with Crippen LogP contribution in [0.15, 0.2) is 18.7 Å². The number of hydrogen-bond donors (Lipinski definition) is 1. The fourth-order valence-corrected chi connectivity index (χ4v) is 0.937. The molecule has 1 heterocycles. The van der Waals surface area contributed by atoms with Crippen molar-refractivity contribution in [3.63, 3.8) is 0 Å². The minimum absolute atomic E-state index is 0.217. The highest BCUT2D eigenvalue weighted by atomic mass is 16.3. The molecule has 4 heteroatoms. The number of hydrogen-bond acceptors (Lipinski definition) is 3. The summed E-state index contributed by atoms with van der Waals surface area (Å²) in [6.07, 6.45) is 3.39. The molecular weight excluding hydrogens is 168 g/mol. The van der Waals surface area contributed by atoms with Crippen LogP contribution in [-0.2, 0) is 4.79 Å². The van der Waals surface area contributed by atoms with Crippen molar-refractivity contribution in [3.8, 4) is 0 Å². The molecule has 72 valence electrons. The van der Waals surface area contributed by atoms with Gasteiger partial charge >= 0.3 is 0 Å². The smallest absolute Gasteiger partial charge is 0.192 e. The first-order valence-corrected chi connectivity index (χ1v) is 4.13. The average molecular weight is 182 g/mol. The molecule has 0 aliphatic carbocycles. The van der Waals surface area contributed by atoms with Crippen LogP contribution in [0.2, 0.25) is 0 Å². The van der Waals surface area contributed by atoms with Gasteiger partial charge in [-0.05, 0) is 0 Å². The van der Waals surface area contributed by atoms with Gasteiger partial charge in [-0.1, -0.05) is 20.8 Å². The summed E-state index contributed by atoms with van der Waals surface area (Å²) in [5.74, 6) is -0.217. The van der Waals surface area contributed by atoms with Gasteiger partial charge in [0, 0.05) is 17.8 Å². The number of carbonyl (C=O) groups is 1. The Morgan fingerprint density at radius 2 is 2.15 bits per heavy atom. The zero-order valence-corrected chi connectivity index (χ0v) is 8.06. The Hall–Kier alpha value is -1.16. The summed E-state index contributed by atoms with van der Waals surface area (Å²) >= 11 is 0. The largest absolute Gasteiger partial charge is 0.367 e. The van der Waals surface area contributed by atoms with E-state index in [-0.39, 0.29) is 5.78 Å². The van der Waals surface area contributed by atoms with Gasteiger partial charge < -0.3 is 9.67 Å². The first kappa shape index (κ1) is 9.92. The van der Waals surface area contributed by atoms with Crippen molar-refractivity contribution < 1.29 is 9.90 Å². The monoisotopic (exact) mass is 182 g/mol. The number of aliphatic hydroxyl groups excluding tert-OH is 1. The molecule has 0 saturated carbocycles. The predicted octanol–water partition coefficient (Wildman–Crippen LogP) is 0.989. The van der Waals surface area contributed by atoms with Crippen LogP contribution in [-0.4, -0.2) is 20.4 Å². The van der Waals surface area contributed by atoms with Crippen LogP contribution >= 0.6 is 0 Å². The number of nitrogens with zero attached hydrogens (tertiary/aromatic N) is 2. The molecule has 0 aliphatic rings. The van der Waals surface area contributed by atoms with E-state index in [0.717, 1.165) is 0 Å². The molecule has 0 fully saturated rings. The lowest BCUT2D eigenvalue weighted by Crippen LogP contribution is -2.29. The van der Waals surface area contributed by atoms with Crippen LogP contribution in [0, 0.1) is 5.41 Å². The minimum Gasteiger partial charge on any atom is -0.367 e. The van der Waals surface area contributed by atoms with Gasteiger partial charge in [0.1, 0.15) is 0 Å². The van der Waals surface area contributed by atoms with Crippen LogP contribution in [0.3, 0.4) is 0 Å². The van der Waals surface area contributed by atoms with Gasteiger partial charge in [0.2, 0.25) is 0 Å². The third-order valence-corrected chi connectivity index (χ3v) is 1.78. The topological polar surface area (TPSA) is 55.1 Å². The highest BCUT2D eigenvalue weighted by Crippen LogP contribution is 2.21. The van der Waals surface area contributed by atoms with Crippen molar-refractivity contribution in [3.05, 3.63) is 18.7 Å². The molecule has 0 spiro atoms.